The second-order valence-corrected chi connectivity index (χ2v) is 6.78. The maximum atomic E-state index is 12.3. The molecule has 1 heterocycles. The van der Waals surface area contributed by atoms with Crippen LogP contribution in [0.5, 0.6) is 0 Å². The molecule has 6 atom stereocenters. The van der Waals surface area contributed by atoms with Crippen molar-refractivity contribution in [3.05, 3.63) is 48.1 Å². The van der Waals surface area contributed by atoms with Crippen molar-refractivity contribution in [3.63, 3.8) is 0 Å². The number of hydrogen-bond acceptors (Lipinski definition) is 6. The number of carbonyl (C=O) groups excluding carboxylic acids is 2. The van der Waals surface area contributed by atoms with Gasteiger partial charge in [0, 0.05) is 29.4 Å². The van der Waals surface area contributed by atoms with Gasteiger partial charge in [-0.1, -0.05) is 30.9 Å². The van der Waals surface area contributed by atoms with Crippen molar-refractivity contribution in [1.29, 1.82) is 0 Å². The highest BCUT2D eigenvalue weighted by molar-refractivity contribution is 5.91. The highest BCUT2D eigenvalue weighted by atomic mass is 16.6. The maximum absolute atomic E-state index is 12.3. The van der Waals surface area contributed by atoms with E-state index < -0.39 is 36.2 Å². The topological polar surface area (TPSA) is 93.1 Å². The number of rotatable bonds is 3. The standard InChI is InChI=1S/C19H22O6/c1-9(6-7-20)18(22)24-14-8-10(2)12-4-5-13(21)16(12)17-15(14)11(3)19(23)25-17/h4-6,12-17,20-21H,2-3,7-8H2,1H3/b9-6+/t12-,13+,14+,15+,16+,17-/m0/s1. The van der Waals surface area contributed by atoms with Gasteiger partial charge in [0.05, 0.1) is 18.6 Å². The Morgan fingerprint density at radius 3 is 2.84 bits per heavy atom. The molecule has 1 saturated carbocycles. The molecule has 134 valence electrons. The molecule has 0 unspecified atom stereocenters. The Hall–Kier alpha value is -2.18. The van der Waals surface area contributed by atoms with Gasteiger partial charge in [-0.25, -0.2) is 9.59 Å². The quantitative estimate of drug-likeness (QED) is 0.451. The molecule has 0 aromatic heterocycles. The first kappa shape index (κ1) is 17.6. The highest BCUT2D eigenvalue weighted by Gasteiger charge is 2.55. The van der Waals surface area contributed by atoms with Crippen molar-refractivity contribution in [3.8, 4) is 0 Å². The van der Waals surface area contributed by atoms with E-state index in [0.717, 1.165) is 5.57 Å². The van der Waals surface area contributed by atoms with E-state index >= 15 is 0 Å². The largest absolute Gasteiger partial charge is 0.458 e. The average Bonchev–Trinajstić information content (AvgIpc) is 3.03. The molecule has 6 heteroatoms. The molecule has 3 rings (SSSR count). The van der Waals surface area contributed by atoms with Gasteiger partial charge < -0.3 is 19.7 Å². The molecule has 1 aliphatic heterocycles. The van der Waals surface area contributed by atoms with Crippen LogP contribution in [0.25, 0.3) is 0 Å². The minimum Gasteiger partial charge on any atom is -0.458 e. The lowest BCUT2D eigenvalue weighted by Gasteiger charge is -2.29. The molecule has 0 radical (unpaired) electrons. The van der Waals surface area contributed by atoms with E-state index in [0.29, 0.717) is 6.42 Å². The zero-order valence-corrected chi connectivity index (χ0v) is 14.1. The lowest BCUT2D eigenvalue weighted by atomic mass is 9.81. The molecule has 25 heavy (non-hydrogen) atoms. The Morgan fingerprint density at radius 2 is 2.16 bits per heavy atom. The Kier molecular flexibility index (Phi) is 4.67. The van der Waals surface area contributed by atoms with Crippen LogP contribution in [-0.4, -0.2) is 47.1 Å². The summed E-state index contributed by atoms with van der Waals surface area (Å²) in [5.41, 5.74) is 1.35. The maximum Gasteiger partial charge on any atom is 0.334 e. The van der Waals surface area contributed by atoms with Crippen molar-refractivity contribution in [2.24, 2.45) is 17.8 Å². The Morgan fingerprint density at radius 1 is 1.44 bits per heavy atom. The van der Waals surface area contributed by atoms with Crippen LogP contribution < -0.4 is 0 Å². The fourth-order valence-electron chi connectivity index (χ4n) is 3.96. The predicted molar refractivity (Wildman–Crippen MR) is 89.1 cm³/mol. The Labute approximate surface area is 146 Å². The minimum absolute atomic E-state index is 0.140. The first-order valence-electron chi connectivity index (χ1n) is 8.27. The van der Waals surface area contributed by atoms with Crippen LogP contribution in [0.2, 0.25) is 0 Å². The lowest BCUT2D eigenvalue weighted by Crippen LogP contribution is -2.39. The van der Waals surface area contributed by atoms with Gasteiger partial charge in [-0.15, -0.1) is 0 Å². The van der Waals surface area contributed by atoms with Gasteiger partial charge in [0.15, 0.2) is 0 Å². The van der Waals surface area contributed by atoms with Crippen molar-refractivity contribution in [1.82, 2.24) is 0 Å². The van der Waals surface area contributed by atoms with E-state index in [1.54, 1.807) is 13.0 Å². The second-order valence-electron chi connectivity index (χ2n) is 6.78. The molecule has 1 saturated heterocycles. The summed E-state index contributed by atoms with van der Waals surface area (Å²) in [7, 11) is 0. The molecular formula is C19H22O6. The van der Waals surface area contributed by atoms with Crippen molar-refractivity contribution in [2.75, 3.05) is 6.61 Å². The van der Waals surface area contributed by atoms with Gasteiger partial charge >= 0.3 is 11.9 Å². The van der Waals surface area contributed by atoms with E-state index in [9.17, 15) is 14.7 Å². The first-order chi connectivity index (χ1) is 11.8. The van der Waals surface area contributed by atoms with Crippen LogP contribution in [0.4, 0.5) is 0 Å². The third kappa shape index (κ3) is 2.96. The summed E-state index contributed by atoms with van der Waals surface area (Å²) in [6, 6.07) is 0. The predicted octanol–water partition coefficient (Wildman–Crippen LogP) is 1.06. The Balaban J connectivity index is 1.93. The fourth-order valence-corrected chi connectivity index (χ4v) is 3.96. The number of aliphatic hydroxyl groups is 2. The third-order valence-electron chi connectivity index (χ3n) is 5.28. The highest BCUT2D eigenvalue weighted by Crippen LogP contribution is 2.48. The van der Waals surface area contributed by atoms with E-state index in [4.69, 9.17) is 14.6 Å². The SMILES string of the molecule is C=C1C(=O)O[C@H]2[C@H]1[C@H](OC(=O)/C(C)=C/CO)CC(=C)[C@@H]1C=C[C@@H](O)[C@H]21. The van der Waals surface area contributed by atoms with Crippen LogP contribution in [0, 0.1) is 17.8 Å². The smallest absolute Gasteiger partial charge is 0.334 e. The van der Waals surface area contributed by atoms with Gasteiger partial charge in [-0.3, -0.25) is 0 Å². The summed E-state index contributed by atoms with van der Waals surface area (Å²) in [6.45, 7) is 9.18. The molecule has 0 amide bonds. The number of allylic oxidation sites excluding steroid dienone is 1. The molecule has 6 nitrogen and oxygen atoms in total. The van der Waals surface area contributed by atoms with Gasteiger partial charge in [-0.05, 0) is 13.0 Å². The summed E-state index contributed by atoms with van der Waals surface area (Å²) in [4.78, 5) is 24.3. The molecule has 2 aliphatic carbocycles. The van der Waals surface area contributed by atoms with Crippen molar-refractivity contribution in [2.45, 2.75) is 31.7 Å². The number of aliphatic hydroxyl groups excluding tert-OH is 2. The normalized spacial score (nSPS) is 37.4. The van der Waals surface area contributed by atoms with Crippen LogP contribution in [0.15, 0.2) is 48.1 Å². The molecule has 0 aromatic rings. The third-order valence-corrected chi connectivity index (χ3v) is 5.28. The monoisotopic (exact) mass is 346 g/mol. The van der Waals surface area contributed by atoms with Gasteiger partial charge in [0.25, 0.3) is 0 Å². The number of ether oxygens (including phenoxy) is 2. The minimum atomic E-state index is -0.751. The molecule has 2 fully saturated rings. The molecule has 0 bridgehead atoms. The Bertz CT molecular complexity index is 688. The summed E-state index contributed by atoms with van der Waals surface area (Å²) in [5, 5.41) is 19.3. The van der Waals surface area contributed by atoms with Crippen LogP contribution in [0.1, 0.15) is 13.3 Å². The van der Waals surface area contributed by atoms with Crippen molar-refractivity contribution < 1.29 is 29.3 Å². The second kappa shape index (κ2) is 6.61. The summed E-state index contributed by atoms with van der Waals surface area (Å²) < 4.78 is 11.1. The molecular weight excluding hydrogens is 324 g/mol. The van der Waals surface area contributed by atoms with Gasteiger partial charge in [-0.2, -0.15) is 0 Å². The molecule has 0 aromatic carbocycles. The van der Waals surface area contributed by atoms with Crippen LogP contribution in [-0.2, 0) is 19.1 Å². The van der Waals surface area contributed by atoms with Crippen LogP contribution in [0.3, 0.4) is 0 Å². The molecule has 2 N–H and O–H groups in total. The summed E-state index contributed by atoms with van der Waals surface area (Å²) in [5.74, 6) is -2.11. The zero-order chi connectivity index (χ0) is 18.3. The van der Waals surface area contributed by atoms with E-state index in [-0.39, 0.29) is 29.6 Å². The van der Waals surface area contributed by atoms with Gasteiger partial charge in [0.2, 0.25) is 0 Å². The average molecular weight is 346 g/mol. The number of hydrogen-bond donors (Lipinski definition) is 2. The lowest BCUT2D eigenvalue weighted by molar-refractivity contribution is -0.149. The fraction of sp³-hybridized carbons (Fsp3) is 0.474. The number of carbonyl (C=O) groups is 2. The zero-order valence-electron chi connectivity index (χ0n) is 14.1. The summed E-state index contributed by atoms with van der Waals surface area (Å²) in [6.07, 6.45) is 3.24. The van der Waals surface area contributed by atoms with E-state index in [1.807, 2.05) is 6.08 Å². The first-order valence-corrected chi connectivity index (χ1v) is 8.27. The molecule has 0 spiro atoms. The molecule has 3 aliphatic rings. The van der Waals surface area contributed by atoms with E-state index in [1.165, 1.54) is 6.08 Å². The van der Waals surface area contributed by atoms with E-state index in [2.05, 4.69) is 13.2 Å². The van der Waals surface area contributed by atoms with Crippen LogP contribution >= 0.6 is 0 Å². The van der Waals surface area contributed by atoms with Crippen molar-refractivity contribution >= 4 is 11.9 Å². The summed E-state index contributed by atoms with van der Waals surface area (Å²) >= 11 is 0. The van der Waals surface area contributed by atoms with Gasteiger partial charge in [0.1, 0.15) is 12.2 Å². The number of fused-ring (bicyclic) bond motifs is 3. The number of esters is 2.